The molecule has 3 rings (SSSR count). The fourth-order valence-corrected chi connectivity index (χ4v) is 4.71. The number of nitrogens with zero attached hydrogens (tertiary/aromatic N) is 3. The molecule has 2 saturated heterocycles. The summed E-state index contributed by atoms with van der Waals surface area (Å²) in [4.78, 5) is 21.3. The van der Waals surface area contributed by atoms with Crippen LogP contribution in [0.1, 0.15) is 50.6 Å². The average molecular weight is 416 g/mol. The van der Waals surface area contributed by atoms with E-state index in [-0.39, 0.29) is 11.9 Å². The summed E-state index contributed by atoms with van der Waals surface area (Å²) < 4.78 is 5.66. The number of guanidine groups is 1. The summed E-state index contributed by atoms with van der Waals surface area (Å²) >= 11 is 0. The van der Waals surface area contributed by atoms with Gasteiger partial charge in [0.2, 0.25) is 5.91 Å². The molecule has 2 unspecified atom stereocenters. The molecule has 30 heavy (non-hydrogen) atoms. The summed E-state index contributed by atoms with van der Waals surface area (Å²) in [5.74, 6) is 1.96. The van der Waals surface area contributed by atoms with Crippen molar-refractivity contribution in [2.45, 2.75) is 45.1 Å². The molecule has 1 aromatic rings. The standard InChI is InChI=1S/C23H37N5O2/c1-3-25-23(28-14-8-9-18(17-28)15-22(24)29)26-16-20(27-12-6-7-13-27)19-10-4-5-11-21(19)30-2/h4-5,10-11,18,20H,3,6-9,12-17H2,1-2H3,(H2,24,29)(H,25,26). The van der Waals surface area contributed by atoms with Gasteiger partial charge in [-0.2, -0.15) is 0 Å². The van der Waals surface area contributed by atoms with Crippen molar-refractivity contribution in [3.8, 4) is 5.75 Å². The number of aliphatic imine (C=N–C) groups is 1. The van der Waals surface area contributed by atoms with Crippen molar-refractivity contribution in [3.63, 3.8) is 0 Å². The van der Waals surface area contributed by atoms with E-state index in [1.165, 1.54) is 18.4 Å². The van der Waals surface area contributed by atoms with Gasteiger partial charge in [0.15, 0.2) is 5.96 Å². The van der Waals surface area contributed by atoms with E-state index in [2.05, 4.69) is 34.2 Å². The first-order valence-corrected chi connectivity index (χ1v) is 11.3. The van der Waals surface area contributed by atoms with Crippen molar-refractivity contribution < 1.29 is 9.53 Å². The molecule has 166 valence electrons. The highest BCUT2D eigenvalue weighted by molar-refractivity contribution is 5.80. The summed E-state index contributed by atoms with van der Waals surface area (Å²) in [6, 6.07) is 8.49. The predicted octanol–water partition coefficient (Wildman–Crippen LogP) is 2.39. The second-order valence-electron chi connectivity index (χ2n) is 8.32. The van der Waals surface area contributed by atoms with Crippen LogP contribution in [0.4, 0.5) is 0 Å². The maximum atomic E-state index is 11.4. The van der Waals surface area contributed by atoms with Crippen LogP contribution in [0.25, 0.3) is 0 Å². The predicted molar refractivity (Wildman–Crippen MR) is 121 cm³/mol. The quantitative estimate of drug-likeness (QED) is 0.503. The van der Waals surface area contributed by atoms with Gasteiger partial charge >= 0.3 is 0 Å². The topological polar surface area (TPSA) is 83.2 Å². The number of likely N-dealkylation sites (tertiary alicyclic amines) is 2. The minimum absolute atomic E-state index is 0.198. The lowest BCUT2D eigenvalue weighted by Crippen LogP contribution is -2.47. The van der Waals surface area contributed by atoms with E-state index in [1.807, 2.05) is 12.1 Å². The molecular weight excluding hydrogens is 378 g/mol. The zero-order chi connectivity index (χ0) is 21.3. The Morgan fingerprint density at radius 3 is 2.73 bits per heavy atom. The van der Waals surface area contributed by atoms with Crippen LogP contribution in [0.3, 0.4) is 0 Å². The molecule has 0 aromatic heterocycles. The lowest BCUT2D eigenvalue weighted by Gasteiger charge is -2.35. The first-order valence-electron chi connectivity index (χ1n) is 11.3. The average Bonchev–Trinajstić information content (AvgIpc) is 3.28. The second-order valence-corrected chi connectivity index (χ2v) is 8.32. The molecule has 1 aromatic carbocycles. The van der Waals surface area contributed by atoms with E-state index >= 15 is 0 Å². The third-order valence-corrected chi connectivity index (χ3v) is 6.14. The normalized spacial score (nSPS) is 21.5. The van der Waals surface area contributed by atoms with E-state index in [0.29, 0.717) is 18.9 Å². The van der Waals surface area contributed by atoms with Gasteiger partial charge in [0.25, 0.3) is 0 Å². The molecule has 0 radical (unpaired) electrons. The van der Waals surface area contributed by atoms with E-state index in [9.17, 15) is 4.79 Å². The number of piperidine rings is 1. The molecule has 1 amide bonds. The number of benzene rings is 1. The number of ether oxygens (including phenoxy) is 1. The van der Waals surface area contributed by atoms with Gasteiger partial charge in [-0.15, -0.1) is 0 Å². The molecule has 0 bridgehead atoms. The van der Waals surface area contributed by atoms with Gasteiger partial charge in [-0.3, -0.25) is 14.7 Å². The Hall–Kier alpha value is -2.28. The molecule has 3 N–H and O–H groups in total. The fourth-order valence-electron chi connectivity index (χ4n) is 4.71. The largest absolute Gasteiger partial charge is 0.496 e. The molecule has 7 nitrogen and oxygen atoms in total. The van der Waals surface area contributed by atoms with Gasteiger partial charge in [-0.25, -0.2) is 0 Å². The van der Waals surface area contributed by atoms with Gasteiger partial charge in [0.1, 0.15) is 5.75 Å². The van der Waals surface area contributed by atoms with Crippen LogP contribution in [0.2, 0.25) is 0 Å². The molecule has 0 saturated carbocycles. The molecule has 2 heterocycles. The fraction of sp³-hybridized carbons (Fsp3) is 0.652. The van der Waals surface area contributed by atoms with Gasteiger partial charge in [0, 0.05) is 31.6 Å². The monoisotopic (exact) mass is 415 g/mol. The Balaban J connectivity index is 1.79. The summed E-state index contributed by atoms with van der Waals surface area (Å²) in [6.07, 6.45) is 5.03. The summed E-state index contributed by atoms with van der Waals surface area (Å²) in [5.41, 5.74) is 6.64. The molecule has 2 atom stereocenters. The number of nitrogens with two attached hydrogens (primary N) is 1. The SMILES string of the molecule is CCNC(=NCC(c1ccccc1OC)N1CCCC1)N1CCCC(CC(N)=O)C1. The van der Waals surface area contributed by atoms with Crippen molar-refractivity contribution >= 4 is 11.9 Å². The Bertz CT molecular complexity index is 717. The Morgan fingerprint density at radius 1 is 1.27 bits per heavy atom. The van der Waals surface area contributed by atoms with E-state index < -0.39 is 0 Å². The molecule has 2 aliphatic rings. The molecular formula is C23H37N5O2. The lowest BCUT2D eigenvalue weighted by molar-refractivity contribution is -0.119. The van der Waals surface area contributed by atoms with Crippen LogP contribution in [-0.4, -0.2) is 68.0 Å². The number of nitrogens with one attached hydrogen (secondary N) is 1. The number of methoxy groups -OCH3 is 1. The number of carbonyl (C=O) groups excluding carboxylic acids is 1. The first kappa shape index (κ1) is 22.4. The molecule has 0 spiro atoms. The van der Waals surface area contributed by atoms with Crippen molar-refractivity contribution in [1.29, 1.82) is 0 Å². The Morgan fingerprint density at radius 2 is 2.03 bits per heavy atom. The zero-order valence-corrected chi connectivity index (χ0v) is 18.5. The minimum atomic E-state index is -0.214. The zero-order valence-electron chi connectivity index (χ0n) is 18.5. The number of rotatable bonds is 8. The maximum absolute atomic E-state index is 11.4. The van der Waals surface area contributed by atoms with Crippen LogP contribution in [0.5, 0.6) is 5.75 Å². The van der Waals surface area contributed by atoms with Crippen molar-refractivity contribution in [2.24, 2.45) is 16.6 Å². The molecule has 2 fully saturated rings. The number of para-hydroxylation sites is 1. The number of primary amides is 1. The van der Waals surface area contributed by atoms with Crippen LogP contribution in [0, 0.1) is 5.92 Å². The van der Waals surface area contributed by atoms with Crippen molar-refractivity contribution in [3.05, 3.63) is 29.8 Å². The van der Waals surface area contributed by atoms with Crippen LogP contribution < -0.4 is 15.8 Å². The van der Waals surface area contributed by atoms with E-state index in [4.69, 9.17) is 15.5 Å². The molecule has 7 heteroatoms. The van der Waals surface area contributed by atoms with Gasteiger partial charge in [-0.1, -0.05) is 18.2 Å². The van der Waals surface area contributed by atoms with Gasteiger partial charge in [0.05, 0.1) is 19.7 Å². The van der Waals surface area contributed by atoms with Gasteiger partial charge in [-0.05, 0) is 57.7 Å². The maximum Gasteiger partial charge on any atom is 0.217 e. The van der Waals surface area contributed by atoms with Crippen LogP contribution in [0.15, 0.2) is 29.3 Å². The van der Waals surface area contributed by atoms with Crippen molar-refractivity contribution in [1.82, 2.24) is 15.1 Å². The molecule has 0 aliphatic carbocycles. The summed E-state index contributed by atoms with van der Waals surface area (Å²) in [5, 5.41) is 3.46. The number of hydrogen-bond acceptors (Lipinski definition) is 4. The van der Waals surface area contributed by atoms with Crippen molar-refractivity contribution in [2.75, 3.05) is 46.4 Å². The third kappa shape index (κ3) is 5.88. The Labute approximate surface area is 180 Å². The highest BCUT2D eigenvalue weighted by Gasteiger charge is 2.27. The smallest absolute Gasteiger partial charge is 0.217 e. The van der Waals surface area contributed by atoms with Gasteiger partial charge < -0.3 is 20.7 Å². The number of amides is 1. The molecule has 2 aliphatic heterocycles. The number of hydrogen-bond donors (Lipinski definition) is 2. The van der Waals surface area contributed by atoms with Crippen LogP contribution in [-0.2, 0) is 4.79 Å². The minimum Gasteiger partial charge on any atom is -0.496 e. The number of carbonyl (C=O) groups is 1. The third-order valence-electron chi connectivity index (χ3n) is 6.14. The van der Waals surface area contributed by atoms with E-state index in [1.54, 1.807) is 7.11 Å². The second kappa shape index (κ2) is 11.2. The first-order chi connectivity index (χ1) is 14.6. The Kier molecular flexibility index (Phi) is 8.37. The summed E-state index contributed by atoms with van der Waals surface area (Å²) in [6.45, 7) is 7.58. The summed E-state index contributed by atoms with van der Waals surface area (Å²) in [7, 11) is 1.74. The lowest BCUT2D eigenvalue weighted by atomic mass is 9.95. The highest BCUT2D eigenvalue weighted by Crippen LogP contribution is 2.32. The van der Waals surface area contributed by atoms with Crippen LogP contribution >= 0.6 is 0 Å². The highest BCUT2D eigenvalue weighted by atomic mass is 16.5. The van der Waals surface area contributed by atoms with E-state index in [0.717, 1.165) is 57.3 Å².